The smallest absolute Gasteiger partial charge is 0.387 e. The largest absolute Gasteiger partial charge is 0.493 e. The number of ether oxygens (including phenoxy) is 3. The topological polar surface area (TPSA) is 52.4 Å². The average molecular weight is 487 g/mol. The Kier molecular flexibility index (Phi) is 9.07. The second kappa shape index (κ2) is 12.0. The number of nitrogens with one attached hydrogen (secondary N) is 1. The van der Waals surface area contributed by atoms with Crippen molar-refractivity contribution in [3.8, 4) is 17.2 Å². The summed E-state index contributed by atoms with van der Waals surface area (Å²) in [4.78, 5) is 1.03. The molecule has 2 N–H and O–H groups in total. The third-order valence-electron chi connectivity index (χ3n) is 6.05. The van der Waals surface area contributed by atoms with Gasteiger partial charge in [-0.1, -0.05) is 56.3 Å². The van der Waals surface area contributed by atoms with Gasteiger partial charge in [-0.05, 0) is 41.5 Å². The van der Waals surface area contributed by atoms with Gasteiger partial charge in [0.1, 0.15) is 31.5 Å². The van der Waals surface area contributed by atoms with Crippen LogP contribution < -0.4 is 19.1 Å². The van der Waals surface area contributed by atoms with Gasteiger partial charge in [-0.25, -0.2) is 0 Å². The van der Waals surface area contributed by atoms with E-state index in [2.05, 4.69) is 42.8 Å². The summed E-state index contributed by atoms with van der Waals surface area (Å²) < 4.78 is 40.4. The molecule has 0 aliphatic carbocycles. The molecule has 3 aromatic carbocycles. The van der Waals surface area contributed by atoms with Crippen LogP contribution >= 0.6 is 0 Å². The van der Waals surface area contributed by atoms with Gasteiger partial charge in [0.05, 0.1) is 14.2 Å². The zero-order valence-corrected chi connectivity index (χ0v) is 20.6. The van der Waals surface area contributed by atoms with E-state index >= 15 is 0 Å². The molecule has 3 aromatic rings. The number of halogens is 2. The molecular formula is C28H34F2NO4+. The van der Waals surface area contributed by atoms with Crippen molar-refractivity contribution in [2.45, 2.75) is 38.5 Å². The Bertz CT molecular complexity index is 1060. The first-order valence-corrected chi connectivity index (χ1v) is 11.6. The lowest BCUT2D eigenvalue weighted by Crippen LogP contribution is -3.09. The first kappa shape index (κ1) is 26.4. The molecule has 0 bridgehead atoms. The van der Waals surface area contributed by atoms with E-state index in [0.29, 0.717) is 18.8 Å². The fourth-order valence-electron chi connectivity index (χ4n) is 4.08. The summed E-state index contributed by atoms with van der Waals surface area (Å²) in [6.45, 7) is 2.67. The van der Waals surface area contributed by atoms with Crippen LogP contribution in [0.5, 0.6) is 17.2 Å². The second-order valence-corrected chi connectivity index (χ2v) is 9.18. The van der Waals surface area contributed by atoms with Crippen molar-refractivity contribution in [1.29, 1.82) is 0 Å². The van der Waals surface area contributed by atoms with E-state index < -0.39 is 12.7 Å². The summed E-state index contributed by atoms with van der Waals surface area (Å²) in [5.74, 6) is 0.947. The molecular weight excluding hydrogens is 452 g/mol. The van der Waals surface area contributed by atoms with E-state index in [1.165, 1.54) is 24.3 Å². The van der Waals surface area contributed by atoms with E-state index in [-0.39, 0.29) is 23.5 Å². The Hall–Kier alpha value is -3.16. The Labute approximate surface area is 205 Å². The summed E-state index contributed by atoms with van der Waals surface area (Å²) in [5.41, 5.74) is 3.17. The van der Waals surface area contributed by atoms with Crippen LogP contribution in [0, 0.1) is 0 Å². The van der Waals surface area contributed by atoms with E-state index in [9.17, 15) is 13.9 Å². The summed E-state index contributed by atoms with van der Waals surface area (Å²) in [5, 5.41) is 10.5. The minimum absolute atomic E-state index is 0.00416. The van der Waals surface area contributed by atoms with Gasteiger partial charge in [0, 0.05) is 11.0 Å². The molecule has 1 unspecified atom stereocenters. The Morgan fingerprint density at radius 1 is 0.914 bits per heavy atom. The van der Waals surface area contributed by atoms with Crippen molar-refractivity contribution in [3.05, 3.63) is 89.5 Å². The number of likely N-dealkylation sites (N-methyl/N-ethyl adjacent to an activating group) is 1. The molecule has 0 fully saturated rings. The number of aliphatic hydroxyl groups is 1. The highest BCUT2D eigenvalue weighted by atomic mass is 19.3. The summed E-state index contributed by atoms with van der Waals surface area (Å²) in [6.07, 6.45) is -0.668. The highest BCUT2D eigenvalue weighted by Crippen LogP contribution is 2.32. The predicted molar refractivity (Wildman–Crippen MR) is 132 cm³/mol. The zero-order valence-electron chi connectivity index (χ0n) is 20.6. The molecule has 0 radical (unpaired) electrons. The van der Waals surface area contributed by atoms with Gasteiger partial charge in [-0.15, -0.1) is 0 Å². The van der Waals surface area contributed by atoms with Crippen molar-refractivity contribution >= 4 is 0 Å². The first-order valence-electron chi connectivity index (χ1n) is 11.6. The number of hydrogen-bond acceptors (Lipinski definition) is 4. The zero-order chi connectivity index (χ0) is 25.4. The van der Waals surface area contributed by atoms with Gasteiger partial charge in [0.2, 0.25) is 0 Å². The van der Waals surface area contributed by atoms with Gasteiger partial charge in [-0.3, -0.25) is 0 Å². The third-order valence-corrected chi connectivity index (χ3v) is 6.05. The van der Waals surface area contributed by atoms with Crippen molar-refractivity contribution < 1.29 is 33.0 Å². The number of hydrogen-bond donors (Lipinski definition) is 2. The van der Waals surface area contributed by atoms with Crippen LogP contribution in [-0.2, 0) is 12.0 Å². The van der Waals surface area contributed by atoms with Crippen LogP contribution in [0.15, 0.2) is 72.8 Å². The molecule has 3 rings (SSSR count). The van der Waals surface area contributed by atoms with Crippen molar-refractivity contribution in [3.63, 3.8) is 0 Å². The van der Waals surface area contributed by atoms with Crippen LogP contribution in [0.3, 0.4) is 0 Å². The Morgan fingerprint density at radius 3 is 2.20 bits per heavy atom. The molecule has 2 atom stereocenters. The maximum Gasteiger partial charge on any atom is 0.387 e. The Morgan fingerprint density at radius 2 is 1.57 bits per heavy atom. The van der Waals surface area contributed by atoms with Gasteiger partial charge in [0.25, 0.3) is 0 Å². The number of benzene rings is 3. The standard InChI is InChI=1S/C28H33F2NO4/c1-28(2,21-8-6-5-7-9-21)22-11-13-24(14-12-22)34-19-23(32)18-31(3)17-20-10-15-25(35-27(29)30)26(16-20)33-4/h5-16,23,27,32H,17-19H2,1-4H3/p+1/t23-/m1/s1. The monoisotopic (exact) mass is 486 g/mol. The lowest BCUT2D eigenvalue weighted by Gasteiger charge is -2.26. The van der Waals surface area contributed by atoms with Gasteiger partial charge in [-0.2, -0.15) is 8.78 Å². The maximum absolute atomic E-state index is 12.5. The minimum Gasteiger partial charge on any atom is -0.493 e. The van der Waals surface area contributed by atoms with E-state index in [1.54, 1.807) is 12.1 Å². The third kappa shape index (κ3) is 7.41. The first-order chi connectivity index (χ1) is 16.7. The number of alkyl halides is 2. The van der Waals surface area contributed by atoms with Crippen molar-refractivity contribution in [1.82, 2.24) is 0 Å². The molecule has 0 aromatic heterocycles. The SMILES string of the molecule is COc1cc(C[NH+](C)C[C@@H](O)COc2ccc(C(C)(C)c3ccccc3)cc2)ccc1OC(F)F. The average Bonchev–Trinajstić information content (AvgIpc) is 2.84. The summed E-state index contributed by atoms with van der Waals surface area (Å²) in [7, 11) is 3.35. The fraction of sp³-hybridized carbons (Fsp3) is 0.357. The van der Waals surface area contributed by atoms with E-state index in [0.717, 1.165) is 10.5 Å². The molecule has 35 heavy (non-hydrogen) atoms. The summed E-state index contributed by atoms with van der Waals surface area (Å²) >= 11 is 0. The molecule has 0 aliphatic heterocycles. The second-order valence-electron chi connectivity index (χ2n) is 9.18. The summed E-state index contributed by atoms with van der Waals surface area (Å²) in [6, 6.07) is 23.2. The van der Waals surface area contributed by atoms with E-state index in [4.69, 9.17) is 9.47 Å². The molecule has 0 aliphatic rings. The van der Waals surface area contributed by atoms with Crippen molar-refractivity contribution in [2.75, 3.05) is 27.3 Å². The molecule has 0 heterocycles. The highest BCUT2D eigenvalue weighted by Gasteiger charge is 2.23. The number of rotatable bonds is 12. The fourth-order valence-corrected chi connectivity index (χ4v) is 4.08. The maximum atomic E-state index is 12.5. The Balaban J connectivity index is 1.50. The van der Waals surface area contributed by atoms with Crippen LogP contribution in [0.2, 0.25) is 0 Å². The quantitative estimate of drug-likeness (QED) is 0.405. The van der Waals surface area contributed by atoms with Gasteiger partial charge < -0.3 is 24.2 Å². The molecule has 0 spiro atoms. The van der Waals surface area contributed by atoms with Crippen LogP contribution in [0.25, 0.3) is 0 Å². The predicted octanol–water partition coefficient (Wildman–Crippen LogP) is 4.08. The number of methoxy groups -OCH3 is 1. The molecule has 7 heteroatoms. The van der Waals surface area contributed by atoms with Gasteiger partial charge >= 0.3 is 6.61 Å². The number of aliphatic hydroxyl groups excluding tert-OH is 1. The van der Waals surface area contributed by atoms with Crippen LogP contribution in [0.4, 0.5) is 8.78 Å². The normalized spacial score (nSPS) is 13.4. The van der Waals surface area contributed by atoms with Gasteiger partial charge in [0.15, 0.2) is 11.5 Å². The number of quaternary nitrogens is 1. The van der Waals surface area contributed by atoms with Crippen LogP contribution in [0.1, 0.15) is 30.5 Å². The molecule has 0 saturated heterocycles. The molecule has 188 valence electrons. The highest BCUT2D eigenvalue weighted by molar-refractivity contribution is 5.43. The van der Waals surface area contributed by atoms with Crippen molar-refractivity contribution in [2.24, 2.45) is 0 Å². The molecule has 0 amide bonds. The lowest BCUT2D eigenvalue weighted by atomic mass is 9.78. The lowest BCUT2D eigenvalue weighted by molar-refractivity contribution is -0.897. The molecule has 0 saturated carbocycles. The van der Waals surface area contributed by atoms with E-state index in [1.807, 2.05) is 37.4 Å². The molecule has 5 nitrogen and oxygen atoms in total. The van der Waals surface area contributed by atoms with Crippen LogP contribution in [-0.4, -0.2) is 45.1 Å². The minimum atomic E-state index is -2.91.